The predicted molar refractivity (Wildman–Crippen MR) is 7.81 cm³/mol. The van der Waals surface area contributed by atoms with Gasteiger partial charge in [0, 0.05) is 70.9 Å². The van der Waals surface area contributed by atoms with Gasteiger partial charge in [0.2, 0.25) is 0 Å². The van der Waals surface area contributed by atoms with Crippen molar-refractivity contribution in [3.63, 3.8) is 0 Å². The van der Waals surface area contributed by atoms with Crippen LogP contribution in [0.1, 0.15) is 0 Å². The molecule has 0 unspecified atom stereocenters. The Kier molecular flexibility index (Phi) is 27.0. The van der Waals surface area contributed by atoms with Crippen LogP contribution >= 0.6 is 0 Å². The average Bonchev–Trinajstić information content (AvgIpc) is 0.811. The molecule has 0 aliphatic carbocycles. The van der Waals surface area contributed by atoms with E-state index in [0.717, 1.165) is 0 Å². The van der Waals surface area contributed by atoms with Crippen LogP contribution in [0.2, 0.25) is 0 Å². The van der Waals surface area contributed by atoms with Gasteiger partial charge in [-0.2, -0.15) is 0 Å². The Hall–Kier alpha value is 2.28. The molecule has 36 valence electrons. The van der Waals surface area contributed by atoms with Crippen molar-refractivity contribution in [1.82, 2.24) is 0 Å². The topological polar surface area (TPSA) is 51.2 Å². The molecule has 0 atom stereocenters. The van der Waals surface area contributed by atoms with Crippen molar-refractivity contribution in [2.75, 3.05) is 0 Å². The van der Waals surface area contributed by atoms with Gasteiger partial charge in [-0.25, -0.2) is 0 Å². The summed E-state index contributed by atoms with van der Waals surface area (Å²) in [5.41, 5.74) is 0. The van der Waals surface area contributed by atoms with Crippen molar-refractivity contribution in [2.24, 2.45) is 0 Å². The quantitative estimate of drug-likeness (QED) is 0.552. The Bertz CT molecular complexity index is 80.2. The van der Waals surface area contributed by atoms with Crippen LogP contribution < -0.4 is 0 Å². The van der Waals surface area contributed by atoms with Gasteiger partial charge in [0.1, 0.15) is 0 Å². The van der Waals surface area contributed by atoms with Crippen LogP contribution in [0.3, 0.4) is 0 Å². The first-order valence-corrected chi connectivity index (χ1v) is 2.56. The Labute approximate surface area is 95.1 Å². The predicted octanol–water partition coefficient (Wildman–Crippen LogP) is -0.742. The Morgan fingerprint density at radius 3 is 1.00 bits per heavy atom. The maximum atomic E-state index is 8.56. The third kappa shape index (κ3) is 33.6. The summed E-state index contributed by atoms with van der Waals surface area (Å²) < 4.78 is 25.7. The molecule has 6 heavy (non-hydrogen) atoms. The molecule has 0 aromatic carbocycles. The van der Waals surface area contributed by atoms with E-state index in [-0.39, 0.29) is 70.9 Å². The van der Waals surface area contributed by atoms with E-state index < -0.39 is 15.8 Å². The first-order chi connectivity index (χ1) is 1.73. The first kappa shape index (κ1) is 15.7. The van der Waals surface area contributed by atoms with Gasteiger partial charge < -0.3 is 0 Å². The Balaban J connectivity index is -0.0000000450. The van der Waals surface area contributed by atoms with Crippen LogP contribution in [-0.2, 0) is 46.0 Å². The van der Waals surface area contributed by atoms with Gasteiger partial charge in [-0.3, -0.25) is 0 Å². The molecule has 0 aliphatic heterocycles. The molecular weight excluding hydrogens is 291 g/mol. The summed E-state index contributed by atoms with van der Waals surface area (Å²) in [6.45, 7) is 0. The molecule has 0 rings (SSSR count). The second-order valence-electron chi connectivity index (χ2n) is 0.177. The van der Waals surface area contributed by atoms with Gasteiger partial charge in [-0.05, 0) is 0 Å². The van der Waals surface area contributed by atoms with Crippen molar-refractivity contribution in [2.45, 2.75) is 0 Å². The standard InChI is InChI=1S/K.3O.Rh.Ru. The SMILES string of the molecule is [K].[O]=[Ru](=[O])=[O].[Rh]. The molecule has 0 aromatic rings. The summed E-state index contributed by atoms with van der Waals surface area (Å²) in [6.07, 6.45) is 0. The summed E-state index contributed by atoms with van der Waals surface area (Å²) in [5, 5.41) is 0. The van der Waals surface area contributed by atoms with Crippen LogP contribution in [0.15, 0.2) is 0 Å². The van der Waals surface area contributed by atoms with E-state index in [4.69, 9.17) is 10.7 Å². The number of hydrogen-bond donors (Lipinski definition) is 0. The first-order valence-electron chi connectivity index (χ1n) is 0.433. The Morgan fingerprint density at radius 1 is 1.00 bits per heavy atom. The van der Waals surface area contributed by atoms with E-state index in [0.29, 0.717) is 0 Å². The van der Waals surface area contributed by atoms with Crippen LogP contribution in [0.5, 0.6) is 0 Å². The molecule has 0 saturated carbocycles. The zero-order valence-electron chi connectivity index (χ0n) is 2.91. The fraction of sp³-hybridized carbons (Fsp3) is 0. The van der Waals surface area contributed by atoms with Crippen LogP contribution in [0.4, 0.5) is 0 Å². The van der Waals surface area contributed by atoms with Crippen LogP contribution in [-0.4, -0.2) is 51.4 Å². The monoisotopic (exact) mass is 292 g/mol. The molecule has 0 spiro atoms. The van der Waals surface area contributed by atoms with Gasteiger partial charge in [0.15, 0.2) is 0 Å². The second kappa shape index (κ2) is 10.3. The van der Waals surface area contributed by atoms with Gasteiger partial charge in [-0.15, -0.1) is 0 Å². The molecule has 6 heteroatoms. The van der Waals surface area contributed by atoms with Gasteiger partial charge in [-0.1, -0.05) is 0 Å². The molecule has 0 aromatic heterocycles. The summed E-state index contributed by atoms with van der Waals surface area (Å²) >= 11 is -3.92. The summed E-state index contributed by atoms with van der Waals surface area (Å²) in [4.78, 5) is 0. The molecule has 0 fully saturated rings. The molecule has 0 N–H and O–H groups in total. The molecule has 0 amide bonds. The van der Waals surface area contributed by atoms with Gasteiger partial charge >= 0.3 is 26.5 Å². The minimum atomic E-state index is -3.92. The molecule has 0 saturated heterocycles. The van der Waals surface area contributed by atoms with Crippen molar-refractivity contribution >= 4 is 51.4 Å². The normalized spacial score (nSPS) is 5.50. The summed E-state index contributed by atoms with van der Waals surface area (Å²) in [7, 11) is 0. The van der Waals surface area contributed by atoms with E-state index in [9.17, 15) is 0 Å². The zero-order chi connectivity index (χ0) is 3.58. The summed E-state index contributed by atoms with van der Waals surface area (Å²) in [5.74, 6) is 0. The fourth-order valence-electron chi connectivity index (χ4n) is 0. The zero-order valence-corrected chi connectivity index (χ0v) is 9.41. The molecule has 2 radical (unpaired) electrons. The van der Waals surface area contributed by atoms with Gasteiger partial charge in [0.25, 0.3) is 0 Å². The molecule has 0 bridgehead atoms. The average molecular weight is 291 g/mol. The van der Waals surface area contributed by atoms with Crippen LogP contribution in [0, 0.1) is 0 Å². The molecule has 0 heterocycles. The largest absolute Gasteiger partial charge is 0 e. The molecule has 0 aliphatic rings. The minimum absolute atomic E-state index is 0. The molecular formula is KO3RhRu. The van der Waals surface area contributed by atoms with E-state index in [1.54, 1.807) is 0 Å². The van der Waals surface area contributed by atoms with Crippen molar-refractivity contribution in [3.05, 3.63) is 0 Å². The smallest absolute Gasteiger partial charge is 0 e. The van der Waals surface area contributed by atoms with Crippen molar-refractivity contribution < 1.29 is 46.0 Å². The van der Waals surface area contributed by atoms with Crippen molar-refractivity contribution in [3.8, 4) is 0 Å². The van der Waals surface area contributed by atoms with E-state index in [1.165, 1.54) is 0 Å². The number of hydrogen-bond acceptors (Lipinski definition) is 3. The minimum Gasteiger partial charge on any atom is 0 e. The van der Waals surface area contributed by atoms with Crippen LogP contribution in [0.25, 0.3) is 0 Å². The second-order valence-corrected chi connectivity index (χ2v) is 1.05. The maximum Gasteiger partial charge on any atom is 0 e. The van der Waals surface area contributed by atoms with E-state index in [1.807, 2.05) is 0 Å². The molecule has 3 nitrogen and oxygen atoms in total. The third-order valence-corrected chi connectivity index (χ3v) is 0. The van der Waals surface area contributed by atoms with Crippen molar-refractivity contribution in [1.29, 1.82) is 0 Å². The van der Waals surface area contributed by atoms with E-state index in [2.05, 4.69) is 0 Å². The van der Waals surface area contributed by atoms with E-state index >= 15 is 0 Å². The number of rotatable bonds is 0. The Morgan fingerprint density at radius 2 is 1.00 bits per heavy atom. The third-order valence-electron chi connectivity index (χ3n) is 0. The fourth-order valence-corrected chi connectivity index (χ4v) is 0. The maximum absolute atomic E-state index is 8.56. The van der Waals surface area contributed by atoms with Gasteiger partial charge in [0.05, 0.1) is 0 Å². The summed E-state index contributed by atoms with van der Waals surface area (Å²) in [6, 6.07) is 0.